The van der Waals surface area contributed by atoms with Gasteiger partial charge in [0.15, 0.2) is 0 Å². The van der Waals surface area contributed by atoms with Gasteiger partial charge in [-0.3, -0.25) is 0 Å². The van der Waals surface area contributed by atoms with Crippen LogP contribution in [0.4, 0.5) is 14.4 Å². The van der Waals surface area contributed by atoms with Crippen molar-refractivity contribution in [3.63, 3.8) is 0 Å². The Bertz CT molecular complexity index is 1290. The lowest BCUT2D eigenvalue weighted by Crippen LogP contribution is -2.30. The van der Waals surface area contributed by atoms with E-state index in [0.717, 1.165) is 0 Å². The third-order valence-corrected chi connectivity index (χ3v) is 6.04. The quantitative estimate of drug-likeness (QED) is 0.258. The molecule has 3 rings (SSSR count). The molecule has 0 saturated carbocycles. The smallest absolute Gasteiger partial charge is 0.419 e. The standard InChI is InChI=1S/C27H33Br2N3O6/c1-25(2,3)36-22(33)30-16(18-12-14-20(28)31(18)23(34)37-26(4,5)6)10-11-17(30)19-13-15-21(29)32(19)24(35)38-27(7,8)9/h10-15H,1-9H3. The Labute approximate surface area is 239 Å². The minimum atomic E-state index is -0.808. The molecule has 0 spiro atoms. The van der Waals surface area contributed by atoms with E-state index >= 15 is 0 Å². The Morgan fingerprint density at radius 3 is 1.03 bits per heavy atom. The molecule has 9 nitrogen and oxygen atoms in total. The van der Waals surface area contributed by atoms with Crippen LogP contribution in [0.25, 0.3) is 22.8 Å². The lowest BCUT2D eigenvalue weighted by Gasteiger charge is -2.24. The first kappa shape index (κ1) is 29.8. The van der Waals surface area contributed by atoms with E-state index in [-0.39, 0.29) is 0 Å². The van der Waals surface area contributed by atoms with Crippen molar-refractivity contribution in [3.05, 3.63) is 45.6 Å². The highest BCUT2D eigenvalue weighted by Crippen LogP contribution is 2.35. The molecule has 0 aliphatic rings. The first-order valence-electron chi connectivity index (χ1n) is 12.0. The van der Waals surface area contributed by atoms with Crippen LogP contribution in [0.5, 0.6) is 0 Å². The molecule has 38 heavy (non-hydrogen) atoms. The molecule has 0 amide bonds. The van der Waals surface area contributed by atoms with Crippen LogP contribution in [0.2, 0.25) is 0 Å². The minimum absolute atomic E-state index is 0.360. The van der Waals surface area contributed by atoms with Gasteiger partial charge < -0.3 is 14.2 Å². The maximum atomic E-state index is 13.6. The van der Waals surface area contributed by atoms with Crippen LogP contribution in [0, 0.1) is 0 Å². The average Bonchev–Trinajstić information content (AvgIpc) is 3.39. The van der Waals surface area contributed by atoms with Gasteiger partial charge in [-0.2, -0.15) is 0 Å². The SMILES string of the molecule is CC(C)(C)OC(=O)n1c(Br)ccc1-c1ccc(-c2ccc(Br)n2C(=O)OC(C)(C)C)n1C(=O)OC(C)(C)C. The fourth-order valence-electron chi connectivity index (χ4n) is 3.55. The van der Waals surface area contributed by atoms with Gasteiger partial charge in [-0.25, -0.2) is 28.1 Å². The lowest BCUT2D eigenvalue weighted by atomic mass is 10.2. The van der Waals surface area contributed by atoms with Crippen molar-refractivity contribution in [3.8, 4) is 22.8 Å². The van der Waals surface area contributed by atoms with Crippen molar-refractivity contribution in [2.24, 2.45) is 0 Å². The van der Waals surface area contributed by atoms with Crippen molar-refractivity contribution in [2.75, 3.05) is 0 Å². The molecular formula is C27H33Br2N3O6. The monoisotopic (exact) mass is 653 g/mol. The second kappa shape index (κ2) is 10.4. The molecule has 0 saturated heterocycles. The summed E-state index contributed by atoms with van der Waals surface area (Å²) in [5.41, 5.74) is -0.793. The van der Waals surface area contributed by atoms with Crippen molar-refractivity contribution >= 4 is 50.1 Å². The van der Waals surface area contributed by atoms with E-state index in [1.54, 1.807) is 98.7 Å². The zero-order chi connectivity index (χ0) is 28.8. The Balaban J connectivity index is 2.26. The second-order valence-corrected chi connectivity index (χ2v) is 13.3. The summed E-state index contributed by atoms with van der Waals surface area (Å²) in [4.78, 5) is 39.8. The van der Waals surface area contributed by atoms with E-state index in [0.29, 0.717) is 32.0 Å². The number of carbonyl (C=O) groups is 3. The maximum Gasteiger partial charge on any atom is 0.419 e. The summed E-state index contributed by atoms with van der Waals surface area (Å²) >= 11 is 6.82. The predicted octanol–water partition coefficient (Wildman–Crippen LogP) is 8.30. The normalized spacial score (nSPS) is 12.4. The van der Waals surface area contributed by atoms with Crippen LogP contribution in [0.3, 0.4) is 0 Å². The van der Waals surface area contributed by atoms with Crippen molar-refractivity contribution in [2.45, 2.75) is 79.1 Å². The van der Waals surface area contributed by atoms with Crippen LogP contribution in [-0.2, 0) is 14.2 Å². The molecule has 0 unspecified atom stereocenters. The summed E-state index contributed by atoms with van der Waals surface area (Å²) in [5.74, 6) is 0. The largest absolute Gasteiger partial charge is 0.443 e. The molecule has 11 heteroatoms. The van der Waals surface area contributed by atoms with Crippen LogP contribution in [0.15, 0.2) is 45.6 Å². The van der Waals surface area contributed by atoms with Gasteiger partial charge in [0.25, 0.3) is 0 Å². The molecule has 0 bridgehead atoms. The highest BCUT2D eigenvalue weighted by atomic mass is 79.9. The zero-order valence-electron chi connectivity index (χ0n) is 23.0. The number of nitrogens with zero attached hydrogens (tertiary/aromatic N) is 3. The van der Waals surface area contributed by atoms with Gasteiger partial charge in [-0.1, -0.05) is 0 Å². The van der Waals surface area contributed by atoms with Gasteiger partial charge in [0, 0.05) is 0 Å². The number of aromatic nitrogens is 3. The molecule has 3 aromatic rings. The van der Waals surface area contributed by atoms with Gasteiger partial charge in [0.2, 0.25) is 0 Å². The van der Waals surface area contributed by atoms with E-state index in [1.165, 1.54) is 13.7 Å². The highest BCUT2D eigenvalue weighted by molar-refractivity contribution is 9.10. The van der Waals surface area contributed by atoms with Crippen molar-refractivity contribution < 1.29 is 28.6 Å². The van der Waals surface area contributed by atoms with Crippen LogP contribution in [0.1, 0.15) is 62.3 Å². The molecule has 206 valence electrons. The number of hydrogen-bond acceptors (Lipinski definition) is 6. The predicted molar refractivity (Wildman–Crippen MR) is 152 cm³/mol. The first-order valence-corrected chi connectivity index (χ1v) is 13.5. The average molecular weight is 655 g/mol. The Kier molecular flexibility index (Phi) is 8.15. The zero-order valence-corrected chi connectivity index (χ0v) is 26.2. The molecule has 0 N–H and O–H groups in total. The number of carbonyl (C=O) groups excluding carboxylic acids is 3. The number of hydrogen-bond donors (Lipinski definition) is 0. The number of ether oxygens (including phenoxy) is 3. The molecule has 0 aliphatic carbocycles. The summed E-state index contributed by atoms with van der Waals surface area (Å²) in [6.45, 7) is 15.9. The van der Waals surface area contributed by atoms with E-state index in [2.05, 4.69) is 31.9 Å². The fourth-order valence-corrected chi connectivity index (χ4v) is 4.49. The molecule has 0 fully saturated rings. The third-order valence-electron chi connectivity index (χ3n) is 4.80. The summed E-state index contributed by atoms with van der Waals surface area (Å²) < 4.78 is 21.8. The van der Waals surface area contributed by atoms with Crippen LogP contribution < -0.4 is 0 Å². The Morgan fingerprint density at radius 2 is 0.737 bits per heavy atom. The number of rotatable bonds is 2. The van der Waals surface area contributed by atoms with Gasteiger partial charge in [-0.15, -0.1) is 0 Å². The van der Waals surface area contributed by atoms with Gasteiger partial charge in [-0.05, 0) is 131 Å². The Hall–Kier alpha value is -2.79. The lowest BCUT2D eigenvalue weighted by molar-refractivity contribution is 0.0516. The molecule has 3 aromatic heterocycles. The van der Waals surface area contributed by atoms with Crippen LogP contribution >= 0.6 is 31.9 Å². The molecule has 0 atom stereocenters. The van der Waals surface area contributed by atoms with Crippen molar-refractivity contribution in [1.82, 2.24) is 13.7 Å². The topological polar surface area (TPSA) is 93.7 Å². The van der Waals surface area contributed by atoms with E-state index in [4.69, 9.17) is 14.2 Å². The first-order chi connectivity index (χ1) is 17.3. The molecular weight excluding hydrogens is 622 g/mol. The molecule has 0 aromatic carbocycles. The van der Waals surface area contributed by atoms with Gasteiger partial charge in [0.1, 0.15) is 16.8 Å². The minimum Gasteiger partial charge on any atom is -0.443 e. The summed E-state index contributed by atoms with van der Waals surface area (Å²) in [6, 6.07) is 10.1. The fraction of sp³-hybridized carbons (Fsp3) is 0.444. The third kappa shape index (κ3) is 6.79. The number of halogens is 2. The summed E-state index contributed by atoms with van der Waals surface area (Å²) in [5, 5.41) is 0. The second-order valence-electron chi connectivity index (χ2n) is 11.6. The van der Waals surface area contributed by atoms with Crippen LogP contribution in [-0.4, -0.2) is 48.8 Å². The Morgan fingerprint density at radius 1 is 0.500 bits per heavy atom. The summed E-state index contributed by atoms with van der Waals surface area (Å²) in [7, 11) is 0. The highest BCUT2D eigenvalue weighted by Gasteiger charge is 2.30. The van der Waals surface area contributed by atoms with Gasteiger partial charge in [0.05, 0.1) is 32.0 Å². The molecule has 0 aliphatic heterocycles. The maximum absolute atomic E-state index is 13.6. The van der Waals surface area contributed by atoms with E-state index in [9.17, 15) is 14.4 Å². The van der Waals surface area contributed by atoms with Gasteiger partial charge >= 0.3 is 18.3 Å². The molecule has 0 radical (unpaired) electrons. The van der Waals surface area contributed by atoms with E-state index < -0.39 is 35.1 Å². The van der Waals surface area contributed by atoms with E-state index in [1.807, 2.05) is 0 Å². The van der Waals surface area contributed by atoms with Crippen molar-refractivity contribution in [1.29, 1.82) is 0 Å². The molecule has 3 heterocycles. The summed E-state index contributed by atoms with van der Waals surface area (Å²) in [6.07, 6.45) is -1.93.